The van der Waals surface area contributed by atoms with E-state index >= 15 is 0 Å². The van der Waals surface area contributed by atoms with E-state index in [2.05, 4.69) is 17.5 Å². The minimum Gasteiger partial charge on any atom is -0.298 e. The molecule has 4 aromatic carbocycles. The Morgan fingerprint density at radius 3 is 1.03 bits per heavy atom. The number of hydrogen-bond acceptors (Lipinski definition) is 10. The third-order valence-electron chi connectivity index (χ3n) is 6.24. The van der Waals surface area contributed by atoms with Gasteiger partial charge in [0.1, 0.15) is 47.2 Å². The van der Waals surface area contributed by atoms with Gasteiger partial charge in [0.15, 0.2) is 0 Å². The van der Waals surface area contributed by atoms with Gasteiger partial charge in [-0.1, -0.05) is 24.3 Å². The molecule has 38 heavy (non-hydrogen) atoms. The van der Waals surface area contributed by atoms with Crippen LogP contribution in [-0.2, 0) is 0 Å². The van der Waals surface area contributed by atoms with Gasteiger partial charge in [-0.15, -0.1) is 0 Å². The van der Waals surface area contributed by atoms with Gasteiger partial charge in [0.2, 0.25) is 0 Å². The summed E-state index contributed by atoms with van der Waals surface area (Å²) >= 11 is 2.13. The van der Waals surface area contributed by atoms with E-state index in [9.17, 15) is 19.2 Å². The van der Waals surface area contributed by atoms with E-state index in [1.165, 1.54) is 12.1 Å². The van der Waals surface area contributed by atoms with Crippen molar-refractivity contribution in [1.82, 2.24) is 17.5 Å². The molecule has 182 valence electrons. The molecule has 2 heterocycles. The topological polar surface area (TPSA) is 120 Å². The number of hydrogen-bond donors (Lipinski definition) is 0. The van der Waals surface area contributed by atoms with E-state index in [1.54, 1.807) is 24.3 Å². The van der Waals surface area contributed by atoms with E-state index in [0.29, 0.717) is 80.6 Å². The zero-order valence-corrected chi connectivity index (χ0v) is 21.0. The van der Waals surface area contributed by atoms with Gasteiger partial charge in [0.05, 0.1) is 23.5 Å². The molecular weight excluding hydrogens is 520 g/mol. The largest absolute Gasteiger partial charge is 0.298 e. The molecule has 6 aromatic rings. The molecule has 0 bridgehead atoms. The number of carbonyl (C=O) groups excluding carboxylic acids is 4. The van der Waals surface area contributed by atoms with Crippen molar-refractivity contribution in [2.75, 3.05) is 0 Å². The van der Waals surface area contributed by atoms with Crippen LogP contribution in [0.15, 0.2) is 60.7 Å². The van der Waals surface area contributed by atoms with Crippen LogP contribution in [0.25, 0.3) is 55.4 Å². The monoisotopic (exact) mass is 534 g/mol. The normalized spacial score (nSPS) is 11.1. The van der Waals surface area contributed by atoms with Crippen molar-refractivity contribution in [2.45, 2.75) is 0 Å². The molecule has 0 radical (unpaired) electrons. The second-order valence-electron chi connectivity index (χ2n) is 8.49. The molecule has 0 aliphatic carbocycles. The minimum atomic E-state index is 0.396. The Bertz CT molecular complexity index is 1730. The van der Waals surface area contributed by atoms with Crippen molar-refractivity contribution >= 4 is 70.7 Å². The van der Waals surface area contributed by atoms with Crippen LogP contribution in [0.3, 0.4) is 0 Å². The molecule has 8 nitrogen and oxygen atoms in total. The van der Waals surface area contributed by atoms with Gasteiger partial charge >= 0.3 is 0 Å². The summed E-state index contributed by atoms with van der Waals surface area (Å²) in [6.07, 6.45) is 2.82. The van der Waals surface area contributed by atoms with E-state index in [-0.39, 0.29) is 0 Å². The highest BCUT2D eigenvalue weighted by Crippen LogP contribution is 2.40. The van der Waals surface area contributed by atoms with Crippen LogP contribution in [0.1, 0.15) is 41.4 Å². The van der Waals surface area contributed by atoms with Crippen molar-refractivity contribution in [1.29, 1.82) is 0 Å². The van der Waals surface area contributed by atoms with E-state index in [1.807, 2.05) is 24.3 Å². The Labute approximate surface area is 223 Å². The smallest absolute Gasteiger partial charge is 0.150 e. The van der Waals surface area contributed by atoms with Crippen LogP contribution in [0.5, 0.6) is 0 Å². The van der Waals surface area contributed by atoms with Crippen LogP contribution in [0.4, 0.5) is 0 Å². The number of aldehydes is 4. The lowest BCUT2D eigenvalue weighted by Crippen LogP contribution is -1.92. The molecule has 0 aliphatic rings. The summed E-state index contributed by atoms with van der Waals surface area (Å²) < 4.78 is 18.1. The maximum Gasteiger partial charge on any atom is 0.150 e. The predicted molar refractivity (Wildman–Crippen MR) is 146 cm³/mol. The summed E-state index contributed by atoms with van der Waals surface area (Å²) in [5, 5.41) is 0. The average Bonchev–Trinajstić information content (AvgIpc) is 3.66. The predicted octanol–water partition coefficient (Wildman–Crippen LogP) is 5.95. The molecular formula is C28H14N4O4S2. The second-order valence-corrected chi connectivity index (χ2v) is 9.55. The van der Waals surface area contributed by atoms with E-state index < -0.39 is 0 Å². The summed E-state index contributed by atoms with van der Waals surface area (Å²) in [6, 6.07) is 17.5. The van der Waals surface area contributed by atoms with Gasteiger partial charge in [0, 0.05) is 44.5 Å². The first-order valence-corrected chi connectivity index (χ1v) is 12.7. The maximum atomic E-state index is 11.4. The third-order valence-corrected chi connectivity index (χ3v) is 7.30. The SMILES string of the molecule is O=Cc1cc(C=O)cc(-c2ccc(-c3ccc(-c4cc(C=O)cc(C=O)c4)c4nsnc34)c3nsnc23)c1. The Morgan fingerprint density at radius 1 is 0.421 bits per heavy atom. The number of rotatable bonds is 7. The van der Waals surface area contributed by atoms with Crippen LogP contribution in [-0.4, -0.2) is 42.6 Å². The Hall–Kier alpha value is -4.80. The molecule has 0 saturated carbocycles. The van der Waals surface area contributed by atoms with Gasteiger partial charge in [0.25, 0.3) is 0 Å². The van der Waals surface area contributed by atoms with Crippen molar-refractivity contribution in [3.8, 4) is 33.4 Å². The van der Waals surface area contributed by atoms with Gasteiger partial charge < -0.3 is 0 Å². The molecule has 0 aliphatic heterocycles. The van der Waals surface area contributed by atoms with Crippen molar-refractivity contribution < 1.29 is 19.2 Å². The molecule has 0 saturated heterocycles. The summed E-state index contributed by atoms with van der Waals surface area (Å²) in [7, 11) is 0. The van der Waals surface area contributed by atoms with Gasteiger partial charge in [-0.05, 0) is 47.5 Å². The highest BCUT2D eigenvalue weighted by atomic mass is 32.1. The van der Waals surface area contributed by atoms with E-state index in [0.717, 1.165) is 45.7 Å². The second kappa shape index (κ2) is 9.58. The molecule has 0 fully saturated rings. The first-order valence-electron chi connectivity index (χ1n) is 11.3. The fourth-order valence-electron chi connectivity index (χ4n) is 4.57. The van der Waals surface area contributed by atoms with Gasteiger partial charge in [-0.3, -0.25) is 19.2 Å². The van der Waals surface area contributed by atoms with Crippen LogP contribution in [0, 0.1) is 0 Å². The highest BCUT2D eigenvalue weighted by molar-refractivity contribution is 7.00. The number of benzene rings is 4. The Balaban J connectivity index is 1.53. The average molecular weight is 535 g/mol. The zero-order chi connectivity index (χ0) is 26.2. The van der Waals surface area contributed by atoms with Gasteiger partial charge in [-0.2, -0.15) is 17.5 Å². The van der Waals surface area contributed by atoms with Crippen LogP contribution in [0.2, 0.25) is 0 Å². The fraction of sp³-hybridized carbons (Fsp3) is 0. The van der Waals surface area contributed by atoms with Crippen LogP contribution >= 0.6 is 23.5 Å². The Kier molecular flexibility index (Phi) is 5.95. The summed E-state index contributed by atoms with van der Waals surface area (Å²) in [5.74, 6) is 0. The molecule has 0 unspecified atom stereocenters. The summed E-state index contributed by atoms with van der Waals surface area (Å²) in [6.45, 7) is 0. The molecule has 0 spiro atoms. The van der Waals surface area contributed by atoms with E-state index in [4.69, 9.17) is 0 Å². The highest BCUT2D eigenvalue weighted by Gasteiger charge is 2.19. The lowest BCUT2D eigenvalue weighted by Gasteiger charge is -2.10. The fourth-order valence-corrected chi connectivity index (χ4v) is 5.72. The third kappa shape index (κ3) is 3.92. The molecule has 0 N–H and O–H groups in total. The zero-order valence-electron chi connectivity index (χ0n) is 19.3. The van der Waals surface area contributed by atoms with Gasteiger partial charge in [-0.25, -0.2) is 0 Å². The summed E-state index contributed by atoms with van der Waals surface area (Å²) in [4.78, 5) is 45.7. The minimum absolute atomic E-state index is 0.396. The van der Waals surface area contributed by atoms with Crippen molar-refractivity contribution in [2.24, 2.45) is 0 Å². The quantitative estimate of drug-likeness (QED) is 0.231. The van der Waals surface area contributed by atoms with Crippen molar-refractivity contribution in [3.63, 3.8) is 0 Å². The molecule has 10 heteroatoms. The Morgan fingerprint density at radius 2 is 0.711 bits per heavy atom. The molecule has 2 aromatic heterocycles. The lowest BCUT2D eigenvalue weighted by atomic mass is 9.93. The number of fused-ring (bicyclic) bond motifs is 2. The molecule has 0 amide bonds. The number of aromatic nitrogens is 4. The first-order chi connectivity index (χ1) is 18.6. The first kappa shape index (κ1) is 23.6. The molecule has 0 atom stereocenters. The standard InChI is InChI=1S/C28H14N4O4S2/c33-11-15-5-16(12-34)8-19(7-15)21-1-3-23(27-25(21)29-37-31-27)24-4-2-22(26-28(24)32-38-30-26)20-9-17(13-35)6-18(10-20)14-36/h1-14H. The summed E-state index contributed by atoms with van der Waals surface area (Å²) in [5.41, 5.74) is 8.67. The van der Waals surface area contributed by atoms with Crippen LogP contribution < -0.4 is 0 Å². The van der Waals surface area contributed by atoms with Crippen molar-refractivity contribution in [3.05, 3.63) is 82.9 Å². The molecule has 6 rings (SSSR count). The lowest BCUT2D eigenvalue weighted by molar-refractivity contribution is 0.111. The maximum absolute atomic E-state index is 11.4. The number of nitrogens with zero attached hydrogens (tertiary/aromatic N) is 4. The number of carbonyl (C=O) groups is 4.